The SMILES string of the molecule is CCCCCNC(C)(C)Cc1ccccc1. The first-order chi connectivity index (χ1) is 7.64. The molecule has 0 unspecified atom stereocenters. The van der Waals surface area contributed by atoms with Crippen LogP contribution in [0, 0.1) is 0 Å². The van der Waals surface area contributed by atoms with Crippen molar-refractivity contribution in [2.75, 3.05) is 6.54 Å². The Bertz CT molecular complexity index is 277. The smallest absolute Gasteiger partial charge is 0.0165 e. The van der Waals surface area contributed by atoms with Crippen LogP contribution in [0.2, 0.25) is 0 Å². The third-order valence-corrected chi connectivity index (χ3v) is 2.87. The molecule has 1 heteroatoms. The summed E-state index contributed by atoms with van der Waals surface area (Å²) in [6.45, 7) is 7.95. The molecule has 16 heavy (non-hydrogen) atoms. The molecular weight excluding hydrogens is 194 g/mol. The fourth-order valence-corrected chi connectivity index (χ4v) is 1.97. The summed E-state index contributed by atoms with van der Waals surface area (Å²) >= 11 is 0. The van der Waals surface area contributed by atoms with Crippen molar-refractivity contribution in [3.05, 3.63) is 35.9 Å². The summed E-state index contributed by atoms with van der Waals surface area (Å²) < 4.78 is 0. The van der Waals surface area contributed by atoms with Crippen LogP contribution in [0.15, 0.2) is 30.3 Å². The molecule has 90 valence electrons. The first-order valence-corrected chi connectivity index (χ1v) is 6.43. The molecule has 0 saturated heterocycles. The highest BCUT2D eigenvalue weighted by Crippen LogP contribution is 2.12. The molecule has 0 fully saturated rings. The Morgan fingerprint density at radius 1 is 1.06 bits per heavy atom. The van der Waals surface area contributed by atoms with E-state index in [4.69, 9.17) is 0 Å². The van der Waals surface area contributed by atoms with Crippen LogP contribution >= 0.6 is 0 Å². The molecule has 0 aromatic heterocycles. The zero-order valence-electron chi connectivity index (χ0n) is 10.9. The molecule has 1 aromatic carbocycles. The second kappa shape index (κ2) is 6.70. The number of unbranched alkanes of at least 4 members (excludes halogenated alkanes) is 2. The molecule has 1 N–H and O–H groups in total. The Kier molecular flexibility index (Phi) is 5.54. The zero-order valence-corrected chi connectivity index (χ0v) is 10.9. The lowest BCUT2D eigenvalue weighted by molar-refractivity contribution is 0.381. The summed E-state index contributed by atoms with van der Waals surface area (Å²) in [6, 6.07) is 10.7. The van der Waals surface area contributed by atoms with Crippen molar-refractivity contribution in [2.45, 2.75) is 52.0 Å². The van der Waals surface area contributed by atoms with Crippen molar-refractivity contribution in [2.24, 2.45) is 0 Å². The Morgan fingerprint density at radius 3 is 2.38 bits per heavy atom. The van der Waals surface area contributed by atoms with E-state index in [2.05, 4.69) is 56.4 Å². The van der Waals surface area contributed by atoms with Gasteiger partial charge in [0.1, 0.15) is 0 Å². The van der Waals surface area contributed by atoms with Crippen LogP contribution in [-0.4, -0.2) is 12.1 Å². The van der Waals surface area contributed by atoms with Gasteiger partial charge in [0.05, 0.1) is 0 Å². The van der Waals surface area contributed by atoms with E-state index in [0.717, 1.165) is 13.0 Å². The van der Waals surface area contributed by atoms with Gasteiger partial charge in [-0.2, -0.15) is 0 Å². The Balaban J connectivity index is 2.33. The molecule has 0 amide bonds. The lowest BCUT2D eigenvalue weighted by Crippen LogP contribution is -2.41. The molecule has 1 aromatic rings. The van der Waals surface area contributed by atoms with Gasteiger partial charge in [-0.25, -0.2) is 0 Å². The summed E-state index contributed by atoms with van der Waals surface area (Å²) in [5.74, 6) is 0. The fourth-order valence-electron chi connectivity index (χ4n) is 1.97. The maximum atomic E-state index is 3.64. The molecule has 0 bridgehead atoms. The van der Waals surface area contributed by atoms with Gasteiger partial charge < -0.3 is 5.32 Å². The number of nitrogens with one attached hydrogen (secondary N) is 1. The van der Waals surface area contributed by atoms with Gasteiger partial charge in [0.25, 0.3) is 0 Å². The molecule has 0 aliphatic rings. The van der Waals surface area contributed by atoms with Crippen molar-refractivity contribution in [3.63, 3.8) is 0 Å². The van der Waals surface area contributed by atoms with E-state index in [9.17, 15) is 0 Å². The van der Waals surface area contributed by atoms with Gasteiger partial charge in [0.15, 0.2) is 0 Å². The highest BCUT2D eigenvalue weighted by molar-refractivity contribution is 5.17. The van der Waals surface area contributed by atoms with Crippen molar-refractivity contribution in [3.8, 4) is 0 Å². The minimum absolute atomic E-state index is 0.203. The highest BCUT2D eigenvalue weighted by Gasteiger charge is 2.16. The van der Waals surface area contributed by atoms with Crippen LogP contribution in [-0.2, 0) is 6.42 Å². The van der Waals surface area contributed by atoms with E-state index < -0.39 is 0 Å². The van der Waals surface area contributed by atoms with Crippen molar-refractivity contribution >= 4 is 0 Å². The summed E-state index contributed by atoms with van der Waals surface area (Å²) in [7, 11) is 0. The van der Waals surface area contributed by atoms with E-state index in [1.807, 2.05) is 0 Å². The Labute approximate surface area is 100 Å². The van der Waals surface area contributed by atoms with E-state index >= 15 is 0 Å². The largest absolute Gasteiger partial charge is 0.311 e. The monoisotopic (exact) mass is 219 g/mol. The molecular formula is C15H25N. The summed E-state index contributed by atoms with van der Waals surface area (Å²) in [5.41, 5.74) is 1.62. The van der Waals surface area contributed by atoms with Gasteiger partial charge in [0.2, 0.25) is 0 Å². The van der Waals surface area contributed by atoms with Crippen LogP contribution in [0.4, 0.5) is 0 Å². The number of hydrogen-bond acceptors (Lipinski definition) is 1. The minimum atomic E-state index is 0.203. The third kappa shape index (κ3) is 5.32. The van der Waals surface area contributed by atoms with Gasteiger partial charge in [0, 0.05) is 5.54 Å². The molecule has 0 aliphatic heterocycles. The molecule has 0 aliphatic carbocycles. The topological polar surface area (TPSA) is 12.0 Å². The summed E-state index contributed by atoms with van der Waals surface area (Å²) in [6.07, 6.45) is 5.00. The van der Waals surface area contributed by atoms with Gasteiger partial charge >= 0.3 is 0 Å². The minimum Gasteiger partial charge on any atom is -0.311 e. The van der Waals surface area contributed by atoms with Gasteiger partial charge in [-0.15, -0.1) is 0 Å². The van der Waals surface area contributed by atoms with Crippen molar-refractivity contribution < 1.29 is 0 Å². The summed E-state index contributed by atoms with van der Waals surface area (Å²) in [5, 5.41) is 3.64. The van der Waals surface area contributed by atoms with Crippen LogP contribution in [0.3, 0.4) is 0 Å². The zero-order chi connectivity index (χ0) is 11.9. The summed E-state index contributed by atoms with van der Waals surface area (Å²) in [4.78, 5) is 0. The van der Waals surface area contributed by atoms with Crippen LogP contribution < -0.4 is 5.32 Å². The van der Waals surface area contributed by atoms with Gasteiger partial charge in [-0.3, -0.25) is 0 Å². The van der Waals surface area contributed by atoms with E-state index in [-0.39, 0.29) is 5.54 Å². The number of rotatable bonds is 7. The molecule has 0 saturated carbocycles. The second-order valence-corrected chi connectivity index (χ2v) is 5.18. The molecule has 0 radical (unpaired) electrons. The maximum Gasteiger partial charge on any atom is 0.0165 e. The standard InChI is InChI=1S/C15H25N/c1-4-5-9-12-16-15(2,3)13-14-10-7-6-8-11-14/h6-8,10-11,16H,4-5,9,12-13H2,1-3H3. The van der Waals surface area contributed by atoms with Crippen LogP contribution in [0.5, 0.6) is 0 Å². The predicted octanol–water partition coefficient (Wildman–Crippen LogP) is 3.79. The first kappa shape index (κ1) is 13.2. The van der Waals surface area contributed by atoms with Crippen LogP contribution in [0.1, 0.15) is 45.6 Å². The molecule has 1 rings (SSSR count). The van der Waals surface area contributed by atoms with Crippen LogP contribution in [0.25, 0.3) is 0 Å². The maximum absolute atomic E-state index is 3.64. The van der Waals surface area contributed by atoms with E-state index in [1.165, 1.54) is 24.8 Å². The van der Waals surface area contributed by atoms with Gasteiger partial charge in [-0.05, 0) is 38.8 Å². The molecule has 0 atom stereocenters. The van der Waals surface area contributed by atoms with Crippen molar-refractivity contribution in [1.82, 2.24) is 5.32 Å². The molecule has 1 nitrogen and oxygen atoms in total. The molecule has 0 spiro atoms. The van der Waals surface area contributed by atoms with Crippen molar-refractivity contribution in [1.29, 1.82) is 0 Å². The lowest BCUT2D eigenvalue weighted by atomic mass is 9.95. The molecule has 0 heterocycles. The Hall–Kier alpha value is -0.820. The van der Waals surface area contributed by atoms with E-state index in [1.54, 1.807) is 0 Å². The third-order valence-electron chi connectivity index (χ3n) is 2.87. The predicted molar refractivity (Wildman–Crippen MR) is 71.8 cm³/mol. The normalized spacial score (nSPS) is 11.7. The van der Waals surface area contributed by atoms with Gasteiger partial charge in [-0.1, -0.05) is 50.1 Å². The number of benzene rings is 1. The number of hydrogen-bond donors (Lipinski definition) is 1. The average Bonchev–Trinajstić information content (AvgIpc) is 2.25. The van der Waals surface area contributed by atoms with E-state index in [0.29, 0.717) is 0 Å². The lowest BCUT2D eigenvalue weighted by Gasteiger charge is -2.26. The quantitative estimate of drug-likeness (QED) is 0.688. The second-order valence-electron chi connectivity index (χ2n) is 5.18. The average molecular weight is 219 g/mol. The first-order valence-electron chi connectivity index (χ1n) is 6.43. The fraction of sp³-hybridized carbons (Fsp3) is 0.600. The highest BCUT2D eigenvalue weighted by atomic mass is 14.9. The Morgan fingerprint density at radius 2 is 1.75 bits per heavy atom.